The zero-order valence-electron chi connectivity index (χ0n) is 19.5. The lowest BCUT2D eigenvalue weighted by molar-refractivity contribution is 0.190. The fraction of sp³-hybridized carbons (Fsp3) is 0.241. The van der Waals surface area contributed by atoms with Gasteiger partial charge >= 0.3 is 6.09 Å². The second-order valence-corrected chi connectivity index (χ2v) is 9.43. The first-order chi connectivity index (χ1) is 17.0. The number of ether oxygens (including phenoxy) is 1. The molecule has 6 heteroatoms. The minimum atomic E-state index is -0.548. The second-order valence-electron chi connectivity index (χ2n) is 9.02. The van der Waals surface area contributed by atoms with Gasteiger partial charge in [0.25, 0.3) is 5.56 Å². The Hall–Kier alpha value is -3.57. The molecule has 1 amide bonds. The third kappa shape index (κ3) is 4.56. The first kappa shape index (κ1) is 23.2. The molecule has 0 aliphatic heterocycles. The molecule has 0 saturated heterocycles. The van der Waals surface area contributed by atoms with Crippen LogP contribution in [0.1, 0.15) is 43.0 Å². The van der Waals surface area contributed by atoms with Gasteiger partial charge in [0.15, 0.2) is 5.75 Å². The normalized spacial score (nSPS) is 14.7. The number of halogens is 1. The summed E-state index contributed by atoms with van der Waals surface area (Å²) in [5.74, 6) is 0.678. The van der Waals surface area contributed by atoms with Crippen LogP contribution >= 0.6 is 11.6 Å². The Balaban J connectivity index is 1.56. The maximum absolute atomic E-state index is 13.5. The van der Waals surface area contributed by atoms with Crippen molar-refractivity contribution in [2.24, 2.45) is 5.92 Å². The van der Waals surface area contributed by atoms with Crippen molar-refractivity contribution in [1.29, 1.82) is 0 Å². The third-order valence-corrected chi connectivity index (χ3v) is 7.17. The molecule has 5 nitrogen and oxygen atoms in total. The molecule has 178 valence electrons. The number of carbonyl (C=O) groups is 1. The number of hydrogen-bond donors (Lipinski definition) is 1. The van der Waals surface area contributed by atoms with Crippen LogP contribution in [-0.4, -0.2) is 10.7 Å². The molecule has 1 atom stereocenters. The summed E-state index contributed by atoms with van der Waals surface area (Å²) in [5, 5.41) is 4.27. The van der Waals surface area contributed by atoms with E-state index in [1.165, 1.54) is 0 Å². The van der Waals surface area contributed by atoms with Gasteiger partial charge in [0.05, 0.1) is 22.1 Å². The molecule has 35 heavy (non-hydrogen) atoms. The fourth-order valence-corrected chi connectivity index (χ4v) is 5.44. The average Bonchev–Trinajstić information content (AvgIpc) is 3.41. The monoisotopic (exact) mass is 486 g/mol. The van der Waals surface area contributed by atoms with Crippen LogP contribution in [-0.2, 0) is 0 Å². The van der Waals surface area contributed by atoms with Crippen LogP contribution in [0.25, 0.3) is 16.5 Å². The number of rotatable bonds is 5. The third-order valence-electron chi connectivity index (χ3n) is 6.85. The summed E-state index contributed by atoms with van der Waals surface area (Å²) >= 11 is 6.46. The second kappa shape index (κ2) is 9.96. The van der Waals surface area contributed by atoms with Gasteiger partial charge in [0.1, 0.15) is 0 Å². The van der Waals surface area contributed by atoms with E-state index in [0.717, 1.165) is 31.2 Å². The predicted octanol–water partition coefficient (Wildman–Crippen LogP) is 6.97. The average molecular weight is 487 g/mol. The molecular weight excluding hydrogens is 460 g/mol. The molecule has 4 aromatic rings. The van der Waals surface area contributed by atoms with Gasteiger partial charge in [-0.2, -0.15) is 0 Å². The molecule has 0 radical (unpaired) electrons. The molecule has 1 aromatic heterocycles. The Morgan fingerprint density at radius 3 is 2.31 bits per heavy atom. The standard InChI is InChI=1S/C29H27ClN2O3/c1-19-27(35-29(34)31-26(21-13-8-9-14-21)20-11-4-2-5-12-20)23-17-10-18-24(30)25(23)28(33)32(19)22-15-6-3-7-16-22/h2-7,10-12,15-18,21,26H,8-9,13-14H2,1H3,(H,31,34)/t26-/m1/s1. The first-order valence-electron chi connectivity index (χ1n) is 12.0. The van der Waals surface area contributed by atoms with Crippen molar-refractivity contribution in [1.82, 2.24) is 9.88 Å². The van der Waals surface area contributed by atoms with Gasteiger partial charge in [0.2, 0.25) is 0 Å². The van der Waals surface area contributed by atoms with E-state index in [1.807, 2.05) is 60.7 Å². The minimum Gasteiger partial charge on any atom is -0.408 e. The van der Waals surface area contributed by atoms with Gasteiger partial charge in [-0.05, 0) is 49.4 Å². The Morgan fingerprint density at radius 1 is 0.971 bits per heavy atom. The summed E-state index contributed by atoms with van der Waals surface area (Å²) in [6.07, 6.45) is 3.91. The maximum atomic E-state index is 13.5. The quantitative estimate of drug-likeness (QED) is 0.331. The zero-order chi connectivity index (χ0) is 24.4. The predicted molar refractivity (Wildman–Crippen MR) is 140 cm³/mol. The van der Waals surface area contributed by atoms with Crippen molar-refractivity contribution >= 4 is 28.5 Å². The van der Waals surface area contributed by atoms with E-state index in [9.17, 15) is 9.59 Å². The molecule has 1 aliphatic carbocycles. The van der Waals surface area contributed by atoms with E-state index in [1.54, 1.807) is 29.7 Å². The largest absolute Gasteiger partial charge is 0.413 e. The SMILES string of the molecule is Cc1c(OC(=O)N[C@H](c2ccccc2)C2CCCC2)c2cccc(Cl)c2c(=O)n1-c1ccccc1. The fourth-order valence-electron chi connectivity index (χ4n) is 5.18. The highest BCUT2D eigenvalue weighted by atomic mass is 35.5. The number of nitrogens with one attached hydrogen (secondary N) is 1. The van der Waals surface area contributed by atoms with Gasteiger partial charge in [-0.3, -0.25) is 9.36 Å². The van der Waals surface area contributed by atoms with Crippen molar-refractivity contribution in [3.8, 4) is 11.4 Å². The Kier molecular flexibility index (Phi) is 6.60. The maximum Gasteiger partial charge on any atom is 0.413 e. The molecule has 0 unspecified atom stereocenters. The number of aromatic nitrogens is 1. The highest BCUT2D eigenvalue weighted by Gasteiger charge is 2.29. The van der Waals surface area contributed by atoms with Crippen LogP contribution in [0.2, 0.25) is 5.02 Å². The van der Waals surface area contributed by atoms with Crippen LogP contribution < -0.4 is 15.6 Å². The highest BCUT2D eigenvalue weighted by molar-refractivity contribution is 6.35. The molecule has 1 N–H and O–H groups in total. The molecule has 1 fully saturated rings. The number of carbonyl (C=O) groups excluding carboxylic acids is 1. The number of amides is 1. The molecule has 3 aromatic carbocycles. The van der Waals surface area contributed by atoms with Crippen LogP contribution in [0.5, 0.6) is 5.75 Å². The number of nitrogens with zero attached hydrogens (tertiary/aromatic N) is 1. The van der Waals surface area contributed by atoms with Gasteiger partial charge in [-0.25, -0.2) is 4.79 Å². The summed E-state index contributed by atoms with van der Waals surface area (Å²) in [5.41, 5.74) is 2.02. The number of hydrogen-bond acceptors (Lipinski definition) is 3. The smallest absolute Gasteiger partial charge is 0.408 e. The number of benzene rings is 3. The number of pyridine rings is 1. The van der Waals surface area contributed by atoms with E-state index >= 15 is 0 Å². The molecule has 5 rings (SSSR count). The van der Waals surface area contributed by atoms with Crippen molar-refractivity contribution in [3.05, 3.63) is 105 Å². The molecular formula is C29H27ClN2O3. The van der Waals surface area contributed by atoms with Crippen LogP contribution in [0, 0.1) is 12.8 Å². The van der Waals surface area contributed by atoms with Gasteiger partial charge in [-0.15, -0.1) is 0 Å². The van der Waals surface area contributed by atoms with Crippen molar-refractivity contribution in [3.63, 3.8) is 0 Å². The lowest BCUT2D eigenvalue weighted by Crippen LogP contribution is -2.35. The summed E-state index contributed by atoms with van der Waals surface area (Å²) in [4.78, 5) is 26.8. The molecule has 1 saturated carbocycles. The van der Waals surface area contributed by atoms with E-state index in [4.69, 9.17) is 16.3 Å². The number of fused-ring (bicyclic) bond motifs is 1. The van der Waals surface area contributed by atoms with Crippen LogP contribution in [0.15, 0.2) is 83.7 Å². The Labute approximate surface area is 209 Å². The lowest BCUT2D eigenvalue weighted by atomic mass is 9.92. The van der Waals surface area contributed by atoms with Gasteiger partial charge in [0, 0.05) is 11.1 Å². The summed E-state index contributed by atoms with van der Waals surface area (Å²) in [6.45, 7) is 1.78. The molecule has 1 aliphatic rings. The van der Waals surface area contributed by atoms with Crippen LogP contribution in [0.4, 0.5) is 4.79 Å². The van der Waals surface area contributed by atoms with E-state index in [0.29, 0.717) is 38.8 Å². The summed E-state index contributed by atoms with van der Waals surface area (Å²) in [7, 11) is 0. The van der Waals surface area contributed by atoms with Crippen molar-refractivity contribution in [2.75, 3.05) is 0 Å². The molecule has 0 spiro atoms. The van der Waals surface area contributed by atoms with E-state index in [-0.39, 0.29) is 11.6 Å². The van der Waals surface area contributed by atoms with Gasteiger partial charge in [-0.1, -0.05) is 85.1 Å². The van der Waals surface area contributed by atoms with E-state index in [2.05, 4.69) is 5.32 Å². The highest BCUT2D eigenvalue weighted by Crippen LogP contribution is 2.36. The molecule has 0 bridgehead atoms. The zero-order valence-corrected chi connectivity index (χ0v) is 20.3. The van der Waals surface area contributed by atoms with Crippen LogP contribution in [0.3, 0.4) is 0 Å². The van der Waals surface area contributed by atoms with E-state index < -0.39 is 6.09 Å². The first-order valence-corrected chi connectivity index (χ1v) is 12.3. The summed E-state index contributed by atoms with van der Waals surface area (Å²) in [6, 6.07) is 24.4. The summed E-state index contributed by atoms with van der Waals surface area (Å²) < 4.78 is 7.52. The topological polar surface area (TPSA) is 60.3 Å². The minimum absolute atomic E-state index is 0.138. The van der Waals surface area contributed by atoms with Crippen molar-refractivity contribution in [2.45, 2.75) is 38.6 Å². The number of para-hydroxylation sites is 1. The Morgan fingerprint density at radius 2 is 1.63 bits per heavy atom. The Bertz CT molecular complexity index is 1410. The lowest BCUT2D eigenvalue weighted by Gasteiger charge is -2.25. The molecule has 1 heterocycles. The van der Waals surface area contributed by atoms with Gasteiger partial charge < -0.3 is 10.1 Å². The van der Waals surface area contributed by atoms with Crippen molar-refractivity contribution < 1.29 is 9.53 Å².